The number of non-ortho nitro benzene ring substituents is 3. The Morgan fingerprint density at radius 2 is 0.615 bits per heavy atom. The molecule has 0 aliphatic heterocycles. The van der Waals surface area contributed by atoms with Crippen molar-refractivity contribution < 1.29 is 78.0 Å². The fraction of sp³-hybridized carbons (Fsp3) is 0.321. The number of carbonyl (C=O) groups is 3. The van der Waals surface area contributed by atoms with Gasteiger partial charge in [-0.2, -0.15) is 0 Å². The standard InChI is InChI=1S/2C35H38N2O7.C14H20N2O5/c1-42-31-18-13-28(14-19-31)35(27-10-6-5-7-11-27,29-15-20-32(43-2)21-16-29)44-23-9-4-3-8-22-36-34(39)33-24-30(37(40)41)17-12-26(33)25-38;1-42-31-18-13-28(14-19-31)35(27-10-6-5-7-11-27,29-15-20-32(43-2)21-16-29)44-25-26-12-17-30(37(40)41)24-33(26)34(39)36-22-8-3-4-9-23-38;17-8-4-2-1-3-7-15-14(19)13-9-12(16(20)21)6-5-11(13)10-18/h2*5-7,10-21,24,38H,3-4,8-9,22-23,25H2,1-2H3,(H,36,39);5-6,9,17-18H,1-4,7-8,10H2,(H,15,19). The molecule has 9 aromatic carbocycles. The van der Waals surface area contributed by atoms with Crippen molar-refractivity contribution in [3.05, 3.63) is 309 Å². The maximum Gasteiger partial charge on any atom is 0.270 e. The van der Waals surface area contributed by atoms with Gasteiger partial charge in [0.05, 0.1) is 79.7 Å². The van der Waals surface area contributed by atoms with E-state index in [2.05, 4.69) is 28.1 Å². The SMILES string of the molecule is COc1ccc(C(OCCCCCCNC(=O)c2cc([N+](=O)[O-])ccc2CO)(c2ccccc2)c2ccc(OC)cc2)cc1.COc1ccc(C(OCc2ccc([N+](=O)[O-])cc2C(=O)NCCCCCCO)(c2ccccc2)c2ccc(OC)cc2)cc1.O=C(NCCCCCCO)c1cc([N+](=O)[O-])ccc1CO. The van der Waals surface area contributed by atoms with Gasteiger partial charge in [-0.1, -0.05) is 148 Å². The highest BCUT2D eigenvalue weighted by Crippen LogP contribution is 2.44. The van der Waals surface area contributed by atoms with E-state index in [1.165, 1.54) is 48.5 Å². The Morgan fingerprint density at radius 3 is 0.908 bits per heavy atom. The molecule has 576 valence electrons. The van der Waals surface area contributed by atoms with E-state index in [-0.39, 0.29) is 66.8 Å². The van der Waals surface area contributed by atoms with Crippen molar-refractivity contribution >= 4 is 34.8 Å². The first-order valence-electron chi connectivity index (χ1n) is 36.0. The van der Waals surface area contributed by atoms with Crippen molar-refractivity contribution in [2.24, 2.45) is 0 Å². The maximum atomic E-state index is 13.3. The summed E-state index contributed by atoms with van der Waals surface area (Å²) in [6, 6.07) is 62.9. The van der Waals surface area contributed by atoms with Gasteiger partial charge < -0.3 is 64.8 Å². The van der Waals surface area contributed by atoms with E-state index in [1.54, 1.807) is 34.5 Å². The minimum Gasteiger partial charge on any atom is -0.497 e. The first kappa shape index (κ1) is 84.8. The number of nitro groups is 3. The predicted molar refractivity (Wildman–Crippen MR) is 413 cm³/mol. The summed E-state index contributed by atoms with van der Waals surface area (Å²) in [4.78, 5) is 69.8. The molecule has 0 bridgehead atoms. The van der Waals surface area contributed by atoms with Crippen LogP contribution < -0.4 is 34.9 Å². The Kier molecular flexibility index (Phi) is 34.7. The summed E-state index contributed by atoms with van der Waals surface area (Å²) in [5.41, 5.74) is 4.55. The fourth-order valence-corrected chi connectivity index (χ4v) is 12.3. The molecule has 0 saturated carbocycles. The molecular formula is C84H96N6O19. The van der Waals surface area contributed by atoms with Crippen molar-refractivity contribution in [3.8, 4) is 23.0 Å². The minimum absolute atomic E-state index is 0.0236. The van der Waals surface area contributed by atoms with E-state index in [9.17, 15) is 54.9 Å². The third-order valence-electron chi connectivity index (χ3n) is 18.2. The zero-order valence-corrected chi connectivity index (χ0v) is 61.8. The quantitative estimate of drug-likeness (QED) is 0.00810. The lowest BCUT2D eigenvalue weighted by atomic mass is 9.80. The number of amides is 3. The smallest absolute Gasteiger partial charge is 0.270 e. The van der Waals surface area contributed by atoms with E-state index < -0.39 is 43.7 Å². The number of hydrogen-bond donors (Lipinski definition) is 7. The summed E-state index contributed by atoms with van der Waals surface area (Å²) in [7, 11) is 6.50. The first-order chi connectivity index (χ1) is 52.9. The van der Waals surface area contributed by atoms with Crippen molar-refractivity contribution in [2.75, 3.05) is 67.9 Å². The van der Waals surface area contributed by atoms with Crippen molar-refractivity contribution in [2.45, 2.75) is 108 Å². The molecule has 9 rings (SSSR count). The highest BCUT2D eigenvalue weighted by molar-refractivity contribution is 5.97. The number of aliphatic hydroxyl groups excluding tert-OH is 4. The van der Waals surface area contributed by atoms with Crippen molar-refractivity contribution in [1.29, 1.82) is 0 Å². The molecule has 0 spiro atoms. The number of rotatable bonds is 41. The minimum atomic E-state index is -1.12. The lowest BCUT2D eigenvalue weighted by Crippen LogP contribution is -2.33. The van der Waals surface area contributed by atoms with Crippen LogP contribution in [-0.2, 0) is 40.5 Å². The van der Waals surface area contributed by atoms with Crippen LogP contribution in [0.5, 0.6) is 23.0 Å². The maximum absolute atomic E-state index is 13.3. The van der Waals surface area contributed by atoms with Gasteiger partial charge in [-0.15, -0.1) is 0 Å². The molecule has 25 nitrogen and oxygen atoms in total. The average Bonchev–Trinajstić information content (AvgIpc) is 0.758. The number of benzene rings is 9. The average molecular weight is 1490 g/mol. The number of unbranched alkanes of at least 4 members (excludes halogenated alkanes) is 9. The highest BCUT2D eigenvalue weighted by Gasteiger charge is 2.40. The third kappa shape index (κ3) is 24.0. The summed E-state index contributed by atoms with van der Waals surface area (Å²) in [5, 5.41) is 78.2. The largest absolute Gasteiger partial charge is 0.497 e. The Hall–Kier alpha value is -11.5. The zero-order valence-electron chi connectivity index (χ0n) is 61.8. The van der Waals surface area contributed by atoms with Gasteiger partial charge in [-0.05, 0) is 155 Å². The molecule has 7 N–H and O–H groups in total. The molecule has 25 heteroatoms. The lowest BCUT2D eigenvalue weighted by Gasteiger charge is -2.36. The van der Waals surface area contributed by atoms with Crippen LogP contribution in [0.25, 0.3) is 0 Å². The van der Waals surface area contributed by atoms with Crippen molar-refractivity contribution in [3.63, 3.8) is 0 Å². The number of carbonyl (C=O) groups excluding carboxylic acids is 3. The molecule has 0 radical (unpaired) electrons. The summed E-state index contributed by atoms with van der Waals surface area (Å²) in [6.45, 7) is 1.34. The Labute approximate surface area is 634 Å². The highest BCUT2D eigenvalue weighted by atomic mass is 16.6. The Morgan fingerprint density at radius 1 is 0.339 bits per heavy atom. The molecule has 0 heterocycles. The van der Waals surface area contributed by atoms with E-state index in [1.807, 2.05) is 146 Å². The van der Waals surface area contributed by atoms with Crippen LogP contribution in [0.15, 0.2) is 212 Å². The van der Waals surface area contributed by atoms with Crippen LogP contribution >= 0.6 is 0 Å². The number of ether oxygens (including phenoxy) is 6. The van der Waals surface area contributed by atoms with Gasteiger partial charge in [0, 0.05) is 75.9 Å². The molecule has 0 atom stereocenters. The molecule has 109 heavy (non-hydrogen) atoms. The van der Waals surface area contributed by atoms with Gasteiger partial charge >= 0.3 is 0 Å². The zero-order chi connectivity index (χ0) is 78.4. The number of hydrogen-bond acceptors (Lipinski definition) is 19. The summed E-state index contributed by atoms with van der Waals surface area (Å²) >= 11 is 0. The first-order valence-corrected chi connectivity index (χ1v) is 36.0. The van der Waals surface area contributed by atoms with Crippen LogP contribution in [-0.4, -0.2) is 121 Å². The molecule has 0 aliphatic rings. The van der Waals surface area contributed by atoms with E-state index in [0.717, 1.165) is 116 Å². The van der Waals surface area contributed by atoms with Gasteiger partial charge in [-0.25, -0.2) is 0 Å². The number of methoxy groups -OCH3 is 4. The molecular weight excluding hydrogens is 1400 g/mol. The topological polar surface area (TPSA) is 353 Å². The monoisotopic (exact) mass is 1490 g/mol. The molecule has 0 unspecified atom stereocenters. The normalized spacial score (nSPS) is 11.0. The molecule has 9 aromatic rings. The number of aliphatic hydroxyl groups is 4. The summed E-state index contributed by atoms with van der Waals surface area (Å²) in [5.74, 6) is 1.63. The summed E-state index contributed by atoms with van der Waals surface area (Å²) in [6.07, 6.45) is 9.74. The van der Waals surface area contributed by atoms with E-state index in [0.29, 0.717) is 60.9 Å². The number of nitrogens with one attached hydrogen (secondary N) is 3. The number of nitro benzene ring substituents is 3. The lowest BCUT2D eigenvalue weighted by molar-refractivity contribution is -0.385. The Balaban J connectivity index is 0.000000242. The van der Waals surface area contributed by atoms with Gasteiger partial charge in [0.25, 0.3) is 34.8 Å². The molecule has 0 aliphatic carbocycles. The molecule has 0 aromatic heterocycles. The summed E-state index contributed by atoms with van der Waals surface area (Å²) < 4.78 is 35.5. The van der Waals surface area contributed by atoms with E-state index >= 15 is 0 Å². The van der Waals surface area contributed by atoms with Gasteiger partial charge in [0.1, 0.15) is 34.2 Å². The van der Waals surface area contributed by atoms with Crippen LogP contribution in [0, 0.1) is 30.3 Å². The second-order valence-corrected chi connectivity index (χ2v) is 25.2. The van der Waals surface area contributed by atoms with Crippen LogP contribution in [0.2, 0.25) is 0 Å². The molecule has 0 fully saturated rings. The Bertz CT molecular complexity index is 4230. The predicted octanol–water partition coefficient (Wildman–Crippen LogP) is 14.2. The molecule has 0 saturated heterocycles. The molecule has 3 amide bonds. The van der Waals surface area contributed by atoms with Gasteiger partial charge in [0.2, 0.25) is 0 Å². The van der Waals surface area contributed by atoms with Crippen LogP contribution in [0.4, 0.5) is 17.1 Å². The van der Waals surface area contributed by atoms with E-state index in [4.69, 9.17) is 38.6 Å². The van der Waals surface area contributed by atoms with Crippen LogP contribution in [0.3, 0.4) is 0 Å². The van der Waals surface area contributed by atoms with Crippen LogP contribution in [0.1, 0.15) is 158 Å². The fourth-order valence-electron chi connectivity index (χ4n) is 12.3. The van der Waals surface area contributed by atoms with Gasteiger partial charge in [0.15, 0.2) is 0 Å². The van der Waals surface area contributed by atoms with Gasteiger partial charge in [-0.3, -0.25) is 44.7 Å². The van der Waals surface area contributed by atoms with Crippen molar-refractivity contribution in [1.82, 2.24) is 16.0 Å². The second kappa shape index (κ2) is 44.6. The third-order valence-corrected chi connectivity index (χ3v) is 18.2. The number of nitrogens with zero attached hydrogens (tertiary/aromatic N) is 3. The second-order valence-electron chi connectivity index (χ2n) is 25.2.